The number of Topliss-reactive ketones (excluding diaryl/α,β-unsaturated/α-hetero) is 1. The quantitative estimate of drug-likeness (QED) is 0.604. The Balaban J connectivity index is 1.56. The lowest BCUT2D eigenvalue weighted by Crippen LogP contribution is -2.38. The van der Waals surface area contributed by atoms with E-state index in [0.717, 1.165) is 43.6 Å². The van der Waals surface area contributed by atoms with E-state index in [0.29, 0.717) is 57.4 Å². The van der Waals surface area contributed by atoms with Crippen molar-refractivity contribution in [2.45, 2.75) is 69.7 Å². The molecule has 8 nitrogen and oxygen atoms in total. The van der Waals surface area contributed by atoms with E-state index in [4.69, 9.17) is 4.98 Å². The molecule has 2 aliphatic heterocycles. The number of unbranched alkanes of at least 4 members (excludes halogenated alkanes) is 1. The van der Waals surface area contributed by atoms with Crippen molar-refractivity contribution >= 4 is 32.7 Å². The van der Waals surface area contributed by atoms with Crippen molar-refractivity contribution in [1.82, 2.24) is 18.8 Å². The third-order valence-corrected chi connectivity index (χ3v) is 8.37. The zero-order valence-electron chi connectivity index (χ0n) is 18.8. The molecule has 1 aromatic heterocycles. The molecule has 2 aromatic rings. The minimum absolute atomic E-state index is 0.0453. The predicted octanol–water partition coefficient (Wildman–Crippen LogP) is 2.75. The Morgan fingerprint density at radius 2 is 1.81 bits per heavy atom. The van der Waals surface area contributed by atoms with Crippen LogP contribution in [0.5, 0.6) is 0 Å². The number of amides is 1. The van der Waals surface area contributed by atoms with Gasteiger partial charge in [-0.05, 0) is 37.5 Å². The highest BCUT2D eigenvalue weighted by Gasteiger charge is 2.28. The van der Waals surface area contributed by atoms with E-state index < -0.39 is 10.0 Å². The van der Waals surface area contributed by atoms with Gasteiger partial charge in [0, 0.05) is 58.4 Å². The van der Waals surface area contributed by atoms with E-state index >= 15 is 0 Å². The van der Waals surface area contributed by atoms with Gasteiger partial charge in [-0.2, -0.15) is 4.31 Å². The molecule has 0 atom stereocenters. The summed E-state index contributed by atoms with van der Waals surface area (Å²) in [6, 6.07) is 5.20. The average molecular weight is 461 g/mol. The molecule has 0 N–H and O–H groups in total. The number of nitrogens with zero attached hydrogens (tertiary/aromatic N) is 4. The van der Waals surface area contributed by atoms with Crippen LogP contribution in [0.3, 0.4) is 0 Å². The van der Waals surface area contributed by atoms with Crippen molar-refractivity contribution in [3.05, 3.63) is 24.0 Å². The highest BCUT2D eigenvalue weighted by Crippen LogP contribution is 2.26. The number of aromatic nitrogens is 2. The fourth-order valence-corrected chi connectivity index (χ4v) is 6.07. The van der Waals surface area contributed by atoms with E-state index in [1.807, 2.05) is 6.07 Å². The molecular formula is C23H32N4O4S. The van der Waals surface area contributed by atoms with E-state index in [-0.39, 0.29) is 16.6 Å². The van der Waals surface area contributed by atoms with Crippen LogP contribution < -0.4 is 0 Å². The zero-order valence-corrected chi connectivity index (χ0v) is 19.6. The lowest BCUT2D eigenvalue weighted by Gasteiger charge is -2.26. The Bertz CT molecular complexity index is 1090. The van der Waals surface area contributed by atoms with Crippen LogP contribution in [0.4, 0.5) is 0 Å². The molecule has 0 saturated carbocycles. The van der Waals surface area contributed by atoms with Crippen LogP contribution in [0.15, 0.2) is 23.1 Å². The Hall–Kier alpha value is -2.26. The van der Waals surface area contributed by atoms with Gasteiger partial charge in [0.25, 0.3) is 0 Å². The maximum absolute atomic E-state index is 13.0. The van der Waals surface area contributed by atoms with Gasteiger partial charge in [0.2, 0.25) is 15.9 Å². The molecule has 0 unspecified atom stereocenters. The number of hydrogen-bond donors (Lipinski definition) is 0. The molecule has 0 bridgehead atoms. The molecule has 174 valence electrons. The first-order valence-corrected chi connectivity index (χ1v) is 13.1. The molecule has 4 rings (SSSR count). The average Bonchev–Trinajstić information content (AvgIpc) is 3.44. The lowest BCUT2D eigenvalue weighted by molar-refractivity contribution is -0.134. The smallest absolute Gasteiger partial charge is 0.243 e. The van der Waals surface area contributed by atoms with Crippen LogP contribution in [0, 0.1) is 0 Å². The first kappa shape index (κ1) is 22.9. The fraction of sp³-hybridized carbons (Fsp3) is 0.609. The summed E-state index contributed by atoms with van der Waals surface area (Å²) in [7, 11) is -3.50. The van der Waals surface area contributed by atoms with Gasteiger partial charge in [-0.25, -0.2) is 13.4 Å². The predicted molar refractivity (Wildman–Crippen MR) is 122 cm³/mol. The second-order valence-electron chi connectivity index (χ2n) is 8.71. The van der Waals surface area contributed by atoms with Crippen molar-refractivity contribution in [3.63, 3.8) is 0 Å². The van der Waals surface area contributed by atoms with Gasteiger partial charge in [0.05, 0.1) is 15.9 Å². The maximum Gasteiger partial charge on any atom is 0.243 e. The first-order valence-electron chi connectivity index (χ1n) is 11.7. The molecule has 1 aromatic carbocycles. The van der Waals surface area contributed by atoms with Crippen LogP contribution in [0.1, 0.15) is 57.7 Å². The molecule has 1 amide bonds. The Kier molecular flexibility index (Phi) is 6.95. The molecule has 0 radical (unpaired) electrons. The standard InChI is InChI=1S/C23H32N4O4S/c1-2-3-14-27-21-7-6-19(32(30,31)26-12-4-5-13-26)17-20(21)24-22(27)8-9-23(29)25-15-10-18(28)11-16-25/h6-7,17H,2-5,8-16H2,1H3. The van der Waals surface area contributed by atoms with Crippen molar-refractivity contribution in [2.24, 2.45) is 0 Å². The SMILES string of the molecule is CCCCn1c(CCC(=O)N2CCC(=O)CC2)nc2cc(S(=O)(=O)N3CCCC3)ccc21. The van der Waals surface area contributed by atoms with Gasteiger partial charge in [-0.15, -0.1) is 0 Å². The van der Waals surface area contributed by atoms with E-state index in [1.165, 1.54) is 0 Å². The number of piperidine rings is 1. The number of ketones is 1. The molecular weight excluding hydrogens is 428 g/mol. The molecule has 0 aliphatic carbocycles. The van der Waals surface area contributed by atoms with Crippen LogP contribution in [-0.4, -0.2) is 65.0 Å². The van der Waals surface area contributed by atoms with Gasteiger partial charge in [0.15, 0.2) is 0 Å². The summed E-state index contributed by atoms with van der Waals surface area (Å²) in [5, 5.41) is 0. The van der Waals surface area contributed by atoms with Gasteiger partial charge in [-0.3, -0.25) is 9.59 Å². The number of likely N-dealkylation sites (tertiary alicyclic amines) is 1. The lowest BCUT2D eigenvalue weighted by atomic mass is 10.1. The molecule has 9 heteroatoms. The summed E-state index contributed by atoms with van der Waals surface area (Å²) in [6.45, 7) is 5.05. The molecule has 0 spiro atoms. The number of benzene rings is 1. The topological polar surface area (TPSA) is 92.6 Å². The third kappa shape index (κ3) is 4.73. The largest absolute Gasteiger partial charge is 0.342 e. The number of carbonyl (C=O) groups excluding carboxylic acids is 2. The second-order valence-corrected chi connectivity index (χ2v) is 10.7. The minimum Gasteiger partial charge on any atom is -0.342 e. The van der Waals surface area contributed by atoms with Gasteiger partial charge < -0.3 is 9.47 Å². The maximum atomic E-state index is 13.0. The summed E-state index contributed by atoms with van der Waals surface area (Å²) in [5.41, 5.74) is 1.57. The van der Waals surface area contributed by atoms with Crippen molar-refractivity contribution in [2.75, 3.05) is 26.2 Å². The zero-order chi connectivity index (χ0) is 22.7. The summed E-state index contributed by atoms with van der Waals surface area (Å²) >= 11 is 0. The van der Waals surface area contributed by atoms with Crippen LogP contribution in [0.2, 0.25) is 0 Å². The summed E-state index contributed by atoms with van der Waals surface area (Å²) in [5.74, 6) is 1.07. The monoisotopic (exact) mass is 460 g/mol. The highest BCUT2D eigenvalue weighted by molar-refractivity contribution is 7.89. The van der Waals surface area contributed by atoms with Crippen molar-refractivity contribution in [3.8, 4) is 0 Å². The fourth-order valence-electron chi connectivity index (χ4n) is 4.54. The summed E-state index contributed by atoms with van der Waals surface area (Å²) < 4.78 is 29.6. The first-order chi connectivity index (χ1) is 15.4. The number of fused-ring (bicyclic) bond motifs is 1. The molecule has 2 aliphatic rings. The number of aryl methyl sites for hydroxylation is 2. The third-order valence-electron chi connectivity index (χ3n) is 6.47. The number of carbonyl (C=O) groups is 2. The minimum atomic E-state index is -3.50. The highest BCUT2D eigenvalue weighted by atomic mass is 32.2. The Morgan fingerprint density at radius 1 is 1.09 bits per heavy atom. The Labute approximate surface area is 189 Å². The number of imidazole rings is 1. The second kappa shape index (κ2) is 9.70. The van der Waals surface area contributed by atoms with Crippen LogP contribution >= 0.6 is 0 Å². The normalized spacial score (nSPS) is 18.0. The van der Waals surface area contributed by atoms with Crippen LogP contribution in [-0.2, 0) is 32.6 Å². The van der Waals surface area contributed by atoms with E-state index in [1.54, 1.807) is 21.3 Å². The van der Waals surface area contributed by atoms with Crippen molar-refractivity contribution < 1.29 is 18.0 Å². The van der Waals surface area contributed by atoms with Crippen molar-refractivity contribution in [1.29, 1.82) is 0 Å². The molecule has 3 heterocycles. The van der Waals surface area contributed by atoms with E-state index in [2.05, 4.69) is 11.5 Å². The van der Waals surface area contributed by atoms with Gasteiger partial charge in [0.1, 0.15) is 11.6 Å². The number of rotatable bonds is 8. The summed E-state index contributed by atoms with van der Waals surface area (Å²) in [6.07, 6.45) is 5.52. The van der Waals surface area contributed by atoms with Crippen LogP contribution in [0.25, 0.3) is 11.0 Å². The molecule has 32 heavy (non-hydrogen) atoms. The molecule has 2 saturated heterocycles. The molecule has 2 fully saturated rings. The van der Waals surface area contributed by atoms with Gasteiger partial charge >= 0.3 is 0 Å². The number of hydrogen-bond acceptors (Lipinski definition) is 5. The van der Waals surface area contributed by atoms with E-state index in [9.17, 15) is 18.0 Å². The number of sulfonamides is 1. The van der Waals surface area contributed by atoms with Gasteiger partial charge in [-0.1, -0.05) is 13.3 Å². The summed E-state index contributed by atoms with van der Waals surface area (Å²) in [4.78, 5) is 30.9. The Morgan fingerprint density at radius 3 is 2.50 bits per heavy atom.